The number of hydrogen-bond acceptors (Lipinski definition) is 3. The van der Waals surface area contributed by atoms with Crippen LogP contribution in [0.5, 0.6) is 11.5 Å². The fourth-order valence-electron chi connectivity index (χ4n) is 0.967. The van der Waals surface area contributed by atoms with Crippen LogP contribution < -0.4 is 10.5 Å². The topological polar surface area (TPSA) is 55.5 Å². The lowest BCUT2D eigenvalue weighted by atomic mass is 10.2. The Balaban J connectivity index is 0.00000144. The molecule has 0 radical (unpaired) electrons. The molecule has 0 spiro atoms. The van der Waals surface area contributed by atoms with Crippen molar-refractivity contribution in [3.05, 3.63) is 17.7 Å². The van der Waals surface area contributed by atoms with Gasteiger partial charge in [0, 0.05) is 6.07 Å². The van der Waals surface area contributed by atoms with Crippen molar-refractivity contribution in [1.29, 1.82) is 0 Å². The molecule has 0 fully saturated rings. The number of hydrogen-bond donors (Lipinski definition) is 2. The first-order valence-corrected chi connectivity index (χ1v) is 3.87. The number of nitrogen functional groups attached to an aromatic ring is 1. The van der Waals surface area contributed by atoms with Crippen LogP contribution in [0, 0.1) is 6.92 Å². The van der Waals surface area contributed by atoms with Crippen LogP contribution >= 0.6 is 12.4 Å². The predicted molar refractivity (Wildman–Crippen MR) is 55.7 cm³/mol. The lowest BCUT2D eigenvalue weighted by molar-refractivity contribution is 0.341. The third-order valence-electron chi connectivity index (χ3n) is 1.63. The van der Waals surface area contributed by atoms with E-state index in [1.165, 1.54) is 6.07 Å². The van der Waals surface area contributed by atoms with E-state index in [-0.39, 0.29) is 18.2 Å². The highest BCUT2D eigenvalue weighted by molar-refractivity contribution is 5.85. The quantitative estimate of drug-likeness (QED) is 0.724. The molecule has 1 aromatic carbocycles. The van der Waals surface area contributed by atoms with Gasteiger partial charge in [0.15, 0.2) is 0 Å². The van der Waals surface area contributed by atoms with Crippen molar-refractivity contribution >= 4 is 18.1 Å². The molecule has 0 aliphatic carbocycles. The molecule has 13 heavy (non-hydrogen) atoms. The zero-order valence-electron chi connectivity index (χ0n) is 7.70. The number of phenols is 1. The summed E-state index contributed by atoms with van der Waals surface area (Å²) < 4.78 is 5.24. The third-order valence-corrected chi connectivity index (χ3v) is 1.63. The van der Waals surface area contributed by atoms with Crippen LogP contribution in [0.25, 0.3) is 0 Å². The Hall–Kier alpha value is -1.09. The van der Waals surface area contributed by atoms with Crippen LogP contribution in [0.1, 0.15) is 12.5 Å². The molecule has 3 N–H and O–H groups in total. The highest BCUT2D eigenvalue weighted by Gasteiger charge is 2.03. The first-order chi connectivity index (χ1) is 5.65. The van der Waals surface area contributed by atoms with Gasteiger partial charge in [-0.2, -0.15) is 0 Å². The van der Waals surface area contributed by atoms with Crippen LogP contribution in [-0.2, 0) is 0 Å². The molecule has 4 heteroatoms. The largest absolute Gasteiger partial charge is 0.508 e. The summed E-state index contributed by atoms with van der Waals surface area (Å²) in [6.07, 6.45) is 0. The Morgan fingerprint density at radius 3 is 2.62 bits per heavy atom. The molecular weight excluding hydrogens is 190 g/mol. The van der Waals surface area contributed by atoms with Crippen molar-refractivity contribution < 1.29 is 9.84 Å². The van der Waals surface area contributed by atoms with E-state index in [0.717, 1.165) is 5.56 Å². The maximum Gasteiger partial charge on any atom is 0.142 e. The zero-order chi connectivity index (χ0) is 9.14. The normalized spacial score (nSPS) is 9.08. The molecular formula is C9H14ClNO2. The molecule has 3 nitrogen and oxygen atoms in total. The van der Waals surface area contributed by atoms with Gasteiger partial charge in [-0.1, -0.05) is 0 Å². The maximum absolute atomic E-state index is 9.26. The van der Waals surface area contributed by atoms with Gasteiger partial charge in [0.2, 0.25) is 0 Å². The van der Waals surface area contributed by atoms with Gasteiger partial charge < -0.3 is 15.6 Å². The summed E-state index contributed by atoms with van der Waals surface area (Å²) in [6, 6.07) is 3.23. The zero-order valence-corrected chi connectivity index (χ0v) is 8.52. The number of anilines is 1. The Labute approximate surface area is 83.9 Å². The number of ether oxygens (including phenoxy) is 1. The van der Waals surface area contributed by atoms with E-state index in [4.69, 9.17) is 10.5 Å². The van der Waals surface area contributed by atoms with E-state index in [0.29, 0.717) is 18.0 Å². The number of aryl methyl sites for hydroxylation is 1. The van der Waals surface area contributed by atoms with Gasteiger partial charge in [0.1, 0.15) is 11.5 Å². The second kappa shape index (κ2) is 4.82. The predicted octanol–water partition coefficient (Wildman–Crippen LogP) is 2.10. The van der Waals surface area contributed by atoms with E-state index in [2.05, 4.69) is 0 Å². The summed E-state index contributed by atoms with van der Waals surface area (Å²) in [4.78, 5) is 0. The number of rotatable bonds is 2. The van der Waals surface area contributed by atoms with E-state index in [1.54, 1.807) is 13.0 Å². The maximum atomic E-state index is 9.26. The minimum absolute atomic E-state index is 0. The Morgan fingerprint density at radius 2 is 2.08 bits per heavy atom. The fourth-order valence-corrected chi connectivity index (χ4v) is 0.967. The van der Waals surface area contributed by atoms with Crippen LogP contribution in [0.3, 0.4) is 0 Å². The lowest BCUT2D eigenvalue weighted by Crippen LogP contribution is -1.97. The molecule has 0 saturated carbocycles. The molecule has 0 aromatic heterocycles. The molecule has 0 aliphatic rings. The highest BCUT2D eigenvalue weighted by atomic mass is 35.5. The summed E-state index contributed by atoms with van der Waals surface area (Å²) in [5.74, 6) is 0.837. The number of benzene rings is 1. The van der Waals surface area contributed by atoms with Crippen molar-refractivity contribution in [2.45, 2.75) is 13.8 Å². The van der Waals surface area contributed by atoms with E-state index in [9.17, 15) is 5.11 Å². The lowest BCUT2D eigenvalue weighted by Gasteiger charge is -2.08. The summed E-state index contributed by atoms with van der Waals surface area (Å²) in [5.41, 5.74) is 6.83. The van der Waals surface area contributed by atoms with Gasteiger partial charge in [-0.05, 0) is 25.5 Å². The van der Waals surface area contributed by atoms with Crippen LogP contribution in [0.2, 0.25) is 0 Å². The van der Waals surface area contributed by atoms with Crippen molar-refractivity contribution in [3.8, 4) is 11.5 Å². The van der Waals surface area contributed by atoms with E-state index in [1.807, 2.05) is 6.92 Å². The van der Waals surface area contributed by atoms with Gasteiger partial charge in [-0.25, -0.2) is 0 Å². The standard InChI is InChI=1S/C9H13NO2.ClH/c1-3-12-9-4-6(2)8(11)5-7(9)10;/h4-5,11H,3,10H2,1-2H3;1H. The molecule has 1 rings (SSSR count). The van der Waals surface area contributed by atoms with E-state index >= 15 is 0 Å². The first kappa shape index (κ1) is 11.9. The molecule has 1 aromatic rings. The first-order valence-electron chi connectivity index (χ1n) is 3.87. The van der Waals surface area contributed by atoms with Crippen molar-refractivity contribution in [3.63, 3.8) is 0 Å². The summed E-state index contributed by atoms with van der Waals surface area (Å²) in [6.45, 7) is 4.27. The van der Waals surface area contributed by atoms with Gasteiger partial charge >= 0.3 is 0 Å². The molecule has 0 unspecified atom stereocenters. The van der Waals surface area contributed by atoms with Gasteiger partial charge in [0.05, 0.1) is 12.3 Å². The van der Waals surface area contributed by atoms with Crippen molar-refractivity contribution in [2.75, 3.05) is 12.3 Å². The summed E-state index contributed by atoms with van der Waals surface area (Å²) in [5, 5.41) is 9.26. The van der Waals surface area contributed by atoms with Crippen LogP contribution in [0.15, 0.2) is 12.1 Å². The molecule has 74 valence electrons. The van der Waals surface area contributed by atoms with Crippen molar-refractivity contribution in [1.82, 2.24) is 0 Å². The van der Waals surface area contributed by atoms with Crippen LogP contribution in [0.4, 0.5) is 5.69 Å². The second-order valence-electron chi connectivity index (χ2n) is 2.61. The molecule has 0 heterocycles. The Kier molecular flexibility index (Phi) is 4.42. The average molecular weight is 204 g/mol. The van der Waals surface area contributed by atoms with Crippen LogP contribution in [-0.4, -0.2) is 11.7 Å². The minimum Gasteiger partial charge on any atom is -0.508 e. The molecule has 0 saturated heterocycles. The fraction of sp³-hybridized carbons (Fsp3) is 0.333. The summed E-state index contributed by atoms with van der Waals surface area (Å²) >= 11 is 0. The Bertz CT molecular complexity index is 289. The molecule has 0 atom stereocenters. The van der Waals surface area contributed by atoms with E-state index < -0.39 is 0 Å². The van der Waals surface area contributed by atoms with Gasteiger partial charge in [0.25, 0.3) is 0 Å². The van der Waals surface area contributed by atoms with Gasteiger partial charge in [-0.3, -0.25) is 0 Å². The van der Waals surface area contributed by atoms with Gasteiger partial charge in [-0.15, -0.1) is 12.4 Å². The highest BCUT2D eigenvalue weighted by Crippen LogP contribution is 2.29. The molecule has 0 amide bonds. The SMILES string of the molecule is CCOc1cc(C)c(O)cc1N.Cl. The number of halogens is 1. The second-order valence-corrected chi connectivity index (χ2v) is 2.61. The Morgan fingerprint density at radius 1 is 1.46 bits per heavy atom. The monoisotopic (exact) mass is 203 g/mol. The number of nitrogens with two attached hydrogens (primary N) is 1. The third kappa shape index (κ3) is 2.70. The molecule has 0 bridgehead atoms. The summed E-state index contributed by atoms with van der Waals surface area (Å²) in [7, 11) is 0. The number of aromatic hydroxyl groups is 1. The number of phenolic OH excluding ortho intramolecular Hbond substituents is 1. The minimum atomic E-state index is 0. The molecule has 0 aliphatic heterocycles. The smallest absolute Gasteiger partial charge is 0.142 e. The average Bonchev–Trinajstić information content (AvgIpc) is 2.01. The van der Waals surface area contributed by atoms with Crippen molar-refractivity contribution in [2.24, 2.45) is 0 Å².